The molecule has 5 rings (SSSR count). The first-order valence-corrected chi connectivity index (χ1v) is 12.0. The predicted octanol–water partition coefficient (Wildman–Crippen LogP) is 4.35. The molecule has 4 nitrogen and oxygen atoms in total. The van der Waals surface area contributed by atoms with Crippen LogP contribution in [0.25, 0.3) is 0 Å². The van der Waals surface area contributed by atoms with E-state index < -0.39 is 0 Å². The summed E-state index contributed by atoms with van der Waals surface area (Å²) < 4.78 is 0. The minimum atomic E-state index is 0.175. The van der Waals surface area contributed by atoms with Gasteiger partial charge in [0.2, 0.25) is 5.91 Å². The van der Waals surface area contributed by atoms with Crippen molar-refractivity contribution in [2.24, 2.45) is 0 Å². The lowest BCUT2D eigenvalue weighted by molar-refractivity contribution is -0.133. The van der Waals surface area contributed by atoms with Crippen LogP contribution >= 0.6 is 11.3 Å². The third-order valence-electron chi connectivity index (χ3n) is 6.52. The van der Waals surface area contributed by atoms with E-state index in [0.717, 1.165) is 39.1 Å². The summed E-state index contributed by atoms with van der Waals surface area (Å²) in [6.45, 7) is 6.92. The average Bonchev–Trinajstić information content (AvgIpc) is 3.28. The summed E-state index contributed by atoms with van der Waals surface area (Å²) in [6.07, 6.45) is 1.03. The van der Waals surface area contributed by atoms with Gasteiger partial charge in [0.1, 0.15) is 0 Å². The van der Waals surface area contributed by atoms with Gasteiger partial charge in [-0.05, 0) is 53.6 Å². The fraction of sp³-hybridized carbons (Fsp3) is 0.346. The van der Waals surface area contributed by atoms with Crippen LogP contribution in [0.15, 0.2) is 66.0 Å². The molecule has 1 atom stereocenters. The van der Waals surface area contributed by atoms with Crippen molar-refractivity contribution in [1.82, 2.24) is 9.80 Å². The average molecular weight is 432 g/mol. The van der Waals surface area contributed by atoms with E-state index in [1.54, 1.807) is 0 Å². The van der Waals surface area contributed by atoms with Crippen LogP contribution in [0.5, 0.6) is 0 Å². The number of nitrogens with zero attached hydrogens (tertiary/aromatic N) is 3. The molecule has 0 aliphatic carbocycles. The van der Waals surface area contributed by atoms with Gasteiger partial charge < -0.3 is 9.80 Å². The zero-order valence-corrected chi connectivity index (χ0v) is 18.9. The summed E-state index contributed by atoms with van der Waals surface area (Å²) in [5.74, 6) is 0.253. The molecule has 31 heavy (non-hydrogen) atoms. The maximum Gasteiger partial charge on any atom is 0.236 e. The summed E-state index contributed by atoms with van der Waals surface area (Å²) in [5, 5.41) is 2.19. The van der Waals surface area contributed by atoms with E-state index in [2.05, 4.69) is 87.7 Å². The van der Waals surface area contributed by atoms with Gasteiger partial charge in [-0.3, -0.25) is 9.69 Å². The Morgan fingerprint density at radius 1 is 0.968 bits per heavy atom. The Morgan fingerprint density at radius 2 is 1.77 bits per heavy atom. The molecule has 0 radical (unpaired) electrons. The number of carbonyl (C=O) groups is 1. The highest BCUT2D eigenvalue weighted by atomic mass is 32.1. The highest BCUT2D eigenvalue weighted by Gasteiger charge is 2.32. The van der Waals surface area contributed by atoms with Crippen LogP contribution in [0, 0.1) is 6.92 Å². The lowest BCUT2D eigenvalue weighted by Crippen LogP contribution is -2.52. The molecule has 160 valence electrons. The maximum atomic E-state index is 13.3. The first kappa shape index (κ1) is 20.3. The van der Waals surface area contributed by atoms with E-state index in [0.29, 0.717) is 6.54 Å². The van der Waals surface area contributed by atoms with Crippen LogP contribution in [0.2, 0.25) is 0 Å². The quantitative estimate of drug-likeness (QED) is 0.614. The number of hydrogen-bond donors (Lipinski definition) is 0. The molecule has 0 spiro atoms. The molecule has 1 saturated heterocycles. The van der Waals surface area contributed by atoms with Gasteiger partial charge in [0.25, 0.3) is 0 Å². The molecule has 0 bridgehead atoms. The van der Waals surface area contributed by atoms with Crippen LogP contribution in [0.3, 0.4) is 0 Å². The van der Waals surface area contributed by atoms with Gasteiger partial charge in [-0.1, -0.05) is 42.5 Å². The monoisotopic (exact) mass is 431 g/mol. The summed E-state index contributed by atoms with van der Waals surface area (Å²) in [7, 11) is 0. The van der Waals surface area contributed by atoms with E-state index in [4.69, 9.17) is 0 Å². The van der Waals surface area contributed by atoms with Crippen molar-refractivity contribution >= 4 is 22.9 Å². The van der Waals surface area contributed by atoms with Gasteiger partial charge in [-0.2, -0.15) is 0 Å². The minimum absolute atomic E-state index is 0.175. The number of amides is 1. The molecule has 2 aromatic carbocycles. The van der Waals surface area contributed by atoms with Crippen molar-refractivity contribution in [2.45, 2.75) is 19.4 Å². The zero-order chi connectivity index (χ0) is 21.2. The number of aryl methyl sites for hydroxylation is 1. The molecule has 0 N–H and O–H groups in total. The first-order chi connectivity index (χ1) is 15.2. The van der Waals surface area contributed by atoms with Crippen molar-refractivity contribution < 1.29 is 4.79 Å². The molecule has 2 aliphatic heterocycles. The Bertz CT molecular complexity index is 1040. The summed E-state index contributed by atoms with van der Waals surface area (Å²) in [6, 6.07) is 21.7. The second-order valence-corrected chi connectivity index (χ2v) is 9.54. The molecule has 1 fully saturated rings. The molecule has 0 saturated carbocycles. The van der Waals surface area contributed by atoms with Crippen LogP contribution in [0.1, 0.15) is 27.6 Å². The van der Waals surface area contributed by atoms with Gasteiger partial charge in [-0.15, -0.1) is 11.3 Å². The molecule has 3 heterocycles. The normalized spacial score (nSPS) is 19.3. The molecule has 1 amide bonds. The summed E-state index contributed by atoms with van der Waals surface area (Å²) >= 11 is 1.84. The van der Waals surface area contributed by atoms with Gasteiger partial charge in [-0.25, -0.2) is 0 Å². The number of fused-ring (bicyclic) bond motifs is 1. The zero-order valence-electron chi connectivity index (χ0n) is 18.0. The maximum absolute atomic E-state index is 13.3. The Morgan fingerprint density at radius 3 is 2.55 bits per heavy atom. The SMILES string of the molecule is Cc1cccc(N2CCN(C(=O)CN3CCc4sccc4C3c3ccccc3)CC2)c1. The van der Waals surface area contributed by atoms with Crippen molar-refractivity contribution in [3.8, 4) is 0 Å². The first-order valence-electron chi connectivity index (χ1n) is 11.1. The van der Waals surface area contributed by atoms with Crippen molar-refractivity contribution in [1.29, 1.82) is 0 Å². The Labute approximate surface area is 188 Å². The van der Waals surface area contributed by atoms with Crippen molar-refractivity contribution in [3.63, 3.8) is 0 Å². The Balaban J connectivity index is 1.27. The second-order valence-electron chi connectivity index (χ2n) is 8.54. The van der Waals surface area contributed by atoms with E-state index in [1.165, 1.54) is 27.3 Å². The number of rotatable bonds is 4. The molecule has 1 unspecified atom stereocenters. The van der Waals surface area contributed by atoms with Crippen LogP contribution in [-0.4, -0.2) is 55.0 Å². The molecular formula is C26H29N3OS. The number of piperazine rings is 1. The van der Waals surface area contributed by atoms with Crippen LogP contribution < -0.4 is 4.90 Å². The lowest BCUT2D eigenvalue weighted by Gasteiger charge is -2.39. The fourth-order valence-corrected chi connectivity index (χ4v) is 5.78. The number of anilines is 1. The second kappa shape index (κ2) is 8.85. The minimum Gasteiger partial charge on any atom is -0.368 e. The highest BCUT2D eigenvalue weighted by Crippen LogP contribution is 2.37. The van der Waals surface area contributed by atoms with Gasteiger partial charge >= 0.3 is 0 Å². The number of benzene rings is 2. The van der Waals surface area contributed by atoms with Crippen molar-refractivity contribution in [2.75, 3.05) is 44.2 Å². The summed E-state index contributed by atoms with van der Waals surface area (Å²) in [5.41, 5.74) is 5.19. The van der Waals surface area contributed by atoms with E-state index in [1.807, 2.05) is 11.3 Å². The molecular weight excluding hydrogens is 402 g/mol. The largest absolute Gasteiger partial charge is 0.368 e. The van der Waals surface area contributed by atoms with Crippen LogP contribution in [-0.2, 0) is 11.2 Å². The molecule has 2 aliphatic rings. The smallest absolute Gasteiger partial charge is 0.236 e. The molecule has 5 heteroatoms. The van der Waals surface area contributed by atoms with E-state index in [9.17, 15) is 4.79 Å². The van der Waals surface area contributed by atoms with Crippen LogP contribution in [0.4, 0.5) is 5.69 Å². The Hall–Kier alpha value is -2.63. The van der Waals surface area contributed by atoms with Gasteiger partial charge in [0.05, 0.1) is 12.6 Å². The number of carbonyl (C=O) groups excluding carboxylic acids is 1. The fourth-order valence-electron chi connectivity index (χ4n) is 4.88. The predicted molar refractivity (Wildman–Crippen MR) is 128 cm³/mol. The third-order valence-corrected chi connectivity index (χ3v) is 7.52. The topological polar surface area (TPSA) is 26.8 Å². The summed E-state index contributed by atoms with van der Waals surface area (Å²) in [4.78, 5) is 21.5. The molecule has 1 aromatic heterocycles. The number of thiophene rings is 1. The van der Waals surface area contributed by atoms with Gasteiger partial charge in [0.15, 0.2) is 0 Å². The standard InChI is InChI=1S/C26H29N3OS/c1-20-6-5-9-22(18-20)27-13-15-28(16-14-27)25(30)19-29-12-10-24-23(11-17-31-24)26(29)21-7-3-2-4-8-21/h2-9,11,17-18,26H,10,12-16,19H2,1H3. The van der Waals surface area contributed by atoms with Gasteiger partial charge in [0, 0.05) is 43.3 Å². The van der Waals surface area contributed by atoms with Crippen molar-refractivity contribution in [3.05, 3.63) is 87.6 Å². The number of hydrogen-bond acceptors (Lipinski definition) is 4. The highest BCUT2D eigenvalue weighted by molar-refractivity contribution is 7.10. The molecule has 3 aromatic rings. The van der Waals surface area contributed by atoms with E-state index >= 15 is 0 Å². The third kappa shape index (κ3) is 4.25. The van der Waals surface area contributed by atoms with E-state index in [-0.39, 0.29) is 11.9 Å². The Kier molecular flexibility index (Phi) is 5.79. The lowest BCUT2D eigenvalue weighted by atomic mass is 9.93.